The number of rotatable bonds is 1. The zero-order valence-electron chi connectivity index (χ0n) is 8.21. The van der Waals surface area contributed by atoms with Crippen molar-refractivity contribution < 1.29 is 4.39 Å². The molecule has 15 heavy (non-hydrogen) atoms. The Morgan fingerprint density at radius 3 is 2.93 bits per heavy atom. The van der Waals surface area contributed by atoms with E-state index in [1.807, 2.05) is 0 Å². The lowest BCUT2D eigenvalue weighted by molar-refractivity contribution is 0.501. The van der Waals surface area contributed by atoms with E-state index in [-0.39, 0.29) is 5.15 Å². The lowest BCUT2D eigenvalue weighted by atomic mass is 9.85. The first kappa shape index (κ1) is 9.55. The van der Waals surface area contributed by atoms with Crippen LogP contribution in [0.3, 0.4) is 0 Å². The van der Waals surface area contributed by atoms with Crippen molar-refractivity contribution in [1.29, 1.82) is 0 Å². The normalized spacial score (nSPS) is 33.6. The molecule has 1 aromatic heterocycles. The van der Waals surface area contributed by atoms with Crippen LogP contribution in [-0.2, 0) is 0 Å². The fourth-order valence-electron chi connectivity index (χ4n) is 2.83. The van der Waals surface area contributed by atoms with Crippen molar-refractivity contribution in [3.05, 3.63) is 28.8 Å². The number of nitrogens with one attached hydrogen (secondary N) is 1. The number of aromatic nitrogens is 1. The van der Waals surface area contributed by atoms with Crippen LogP contribution in [0.15, 0.2) is 12.3 Å². The van der Waals surface area contributed by atoms with Gasteiger partial charge in [0.1, 0.15) is 0 Å². The Hall–Kier alpha value is -0.670. The second-order valence-electron chi connectivity index (χ2n) is 4.43. The van der Waals surface area contributed by atoms with Crippen LogP contribution in [0, 0.1) is 5.82 Å². The average molecular weight is 227 g/mol. The van der Waals surface area contributed by atoms with E-state index in [9.17, 15) is 4.39 Å². The number of hydrogen-bond acceptors (Lipinski definition) is 2. The van der Waals surface area contributed by atoms with E-state index in [1.54, 1.807) is 6.20 Å². The van der Waals surface area contributed by atoms with Gasteiger partial charge in [0.05, 0.1) is 0 Å². The van der Waals surface area contributed by atoms with Gasteiger partial charge in [-0.2, -0.15) is 0 Å². The number of hydrogen-bond donors (Lipinski definition) is 1. The van der Waals surface area contributed by atoms with Gasteiger partial charge in [0.25, 0.3) is 0 Å². The van der Waals surface area contributed by atoms with Crippen LogP contribution < -0.4 is 5.32 Å². The summed E-state index contributed by atoms with van der Waals surface area (Å²) in [6.07, 6.45) is 5.26. The Bertz CT molecular complexity index is 396. The maximum absolute atomic E-state index is 13.3. The molecule has 2 nitrogen and oxygen atoms in total. The highest BCUT2D eigenvalue weighted by Crippen LogP contribution is 2.40. The van der Waals surface area contributed by atoms with Crippen molar-refractivity contribution in [1.82, 2.24) is 10.3 Å². The summed E-state index contributed by atoms with van der Waals surface area (Å²) in [4.78, 5) is 3.87. The van der Waals surface area contributed by atoms with Crippen LogP contribution in [-0.4, -0.2) is 17.1 Å². The molecule has 1 N–H and O–H groups in total. The van der Waals surface area contributed by atoms with Gasteiger partial charge in [0, 0.05) is 24.2 Å². The van der Waals surface area contributed by atoms with Crippen molar-refractivity contribution in [2.75, 3.05) is 0 Å². The first-order valence-corrected chi connectivity index (χ1v) is 5.69. The number of pyridine rings is 1. The fraction of sp³-hybridized carbons (Fsp3) is 0.545. The highest BCUT2D eigenvalue weighted by atomic mass is 35.5. The minimum absolute atomic E-state index is 0.0325. The molecule has 0 aromatic carbocycles. The highest BCUT2D eigenvalue weighted by Gasteiger charge is 2.39. The third kappa shape index (κ3) is 1.54. The molecule has 4 heteroatoms. The third-order valence-corrected chi connectivity index (χ3v) is 3.82. The van der Waals surface area contributed by atoms with Crippen LogP contribution >= 0.6 is 11.6 Å². The van der Waals surface area contributed by atoms with Crippen LogP contribution in [0.2, 0.25) is 5.15 Å². The number of fused-ring (bicyclic) bond motifs is 2. The summed E-state index contributed by atoms with van der Waals surface area (Å²) in [6.45, 7) is 0. The Morgan fingerprint density at radius 1 is 1.47 bits per heavy atom. The van der Waals surface area contributed by atoms with E-state index in [2.05, 4.69) is 10.3 Å². The highest BCUT2D eigenvalue weighted by molar-refractivity contribution is 6.29. The molecule has 0 radical (unpaired) electrons. The van der Waals surface area contributed by atoms with Crippen LogP contribution in [0.5, 0.6) is 0 Å². The van der Waals surface area contributed by atoms with Gasteiger partial charge in [-0.1, -0.05) is 11.6 Å². The van der Waals surface area contributed by atoms with E-state index in [4.69, 9.17) is 11.6 Å². The molecule has 2 aliphatic rings. The molecule has 0 amide bonds. The molecule has 0 unspecified atom stereocenters. The van der Waals surface area contributed by atoms with Crippen LogP contribution in [0.25, 0.3) is 0 Å². The van der Waals surface area contributed by atoms with Crippen molar-refractivity contribution in [3.63, 3.8) is 0 Å². The molecule has 1 aromatic rings. The number of nitrogens with zero attached hydrogens (tertiary/aromatic N) is 1. The summed E-state index contributed by atoms with van der Waals surface area (Å²) in [6, 6.07) is 2.67. The zero-order chi connectivity index (χ0) is 10.4. The van der Waals surface area contributed by atoms with E-state index in [1.165, 1.54) is 18.9 Å². The second kappa shape index (κ2) is 3.42. The molecule has 3 heterocycles. The Morgan fingerprint density at radius 2 is 2.33 bits per heavy atom. The van der Waals surface area contributed by atoms with Gasteiger partial charge in [0.15, 0.2) is 11.0 Å². The monoisotopic (exact) mass is 226 g/mol. The van der Waals surface area contributed by atoms with Crippen LogP contribution in [0.4, 0.5) is 4.39 Å². The molecular weight excluding hydrogens is 215 g/mol. The minimum atomic E-state index is -0.406. The fourth-order valence-corrected chi connectivity index (χ4v) is 2.93. The summed E-state index contributed by atoms with van der Waals surface area (Å²) >= 11 is 5.56. The molecule has 0 spiro atoms. The van der Waals surface area contributed by atoms with Crippen molar-refractivity contribution in [3.8, 4) is 0 Å². The van der Waals surface area contributed by atoms with E-state index < -0.39 is 5.82 Å². The van der Waals surface area contributed by atoms with Gasteiger partial charge in [-0.3, -0.25) is 0 Å². The van der Waals surface area contributed by atoms with E-state index in [0.29, 0.717) is 18.0 Å². The van der Waals surface area contributed by atoms with Crippen molar-refractivity contribution in [2.24, 2.45) is 0 Å². The quantitative estimate of drug-likeness (QED) is 0.745. The SMILES string of the molecule is Fc1cc([C@H]2C[C@@H]3CC[C@H]2N3)cnc1Cl. The smallest absolute Gasteiger partial charge is 0.164 e. The molecule has 0 saturated carbocycles. The van der Waals surface area contributed by atoms with Gasteiger partial charge >= 0.3 is 0 Å². The predicted molar refractivity (Wildman–Crippen MR) is 56.5 cm³/mol. The van der Waals surface area contributed by atoms with E-state index >= 15 is 0 Å². The van der Waals surface area contributed by atoms with Crippen LogP contribution in [0.1, 0.15) is 30.7 Å². The molecule has 3 atom stereocenters. The summed E-state index contributed by atoms with van der Waals surface area (Å²) in [5, 5.41) is 3.49. The maximum Gasteiger partial charge on any atom is 0.164 e. The second-order valence-corrected chi connectivity index (χ2v) is 4.79. The first-order valence-electron chi connectivity index (χ1n) is 5.31. The van der Waals surface area contributed by atoms with Gasteiger partial charge in [0.2, 0.25) is 0 Å². The third-order valence-electron chi connectivity index (χ3n) is 3.55. The van der Waals surface area contributed by atoms with Crippen molar-refractivity contribution in [2.45, 2.75) is 37.3 Å². The summed E-state index contributed by atoms with van der Waals surface area (Å²) in [5.41, 5.74) is 0.983. The summed E-state index contributed by atoms with van der Waals surface area (Å²) < 4.78 is 13.3. The molecule has 0 aliphatic carbocycles. The summed E-state index contributed by atoms with van der Waals surface area (Å²) in [7, 11) is 0. The Labute approximate surface area is 92.8 Å². The molecule has 2 fully saturated rings. The Kier molecular flexibility index (Phi) is 2.18. The largest absolute Gasteiger partial charge is 0.311 e. The summed E-state index contributed by atoms with van der Waals surface area (Å²) in [5.74, 6) is 0.0138. The van der Waals surface area contributed by atoms with E-state index in [0.717, 1.165) is 12.0 Å². The van der Waals surface area contributed by atoms with Gasteiger partial charge < -0.3 is 5.32 Å². The maximum atomic E-state index is 13.3. The lowest BCUT2D eigenvalue weighted by Crippen LogP contribution is -2.21. The molecule has 2 bridgehead atoms. The van der Waals surface area contributed by atoms with Gasteiger partial charge in [-0.05, 0) is 30.9 Å². The first-order chi connectivity index (χ1) is 7.24. The average Bonchev–Trinajstić information content (AvgIpc) is 2.83. The van der Waals surface area contributed by atoms with Gasteiger partial charge in [-0.25, -0.2) is 9.37 Å². The molecule has 2 saturated heterocycles. The lowest BCUT2D eigenvalue weighted by Gasteiger charge is -2.20. The topological polar surface area (TPSA) is 24.9 Å². The van der Waals surface area contributed by atoms with Crippen molar-refractivity contribution >= 4 is 11.6 Å². The Balaban J connectivity index is 1.90. The van der Waals surface area contributed by atoms with Gasteiger partial charge in [-0.15, -0.1) is 0 Å². The number of halogens is 2. The predicted octanol–water partition coefficient (Wildman–Crippen LogP) is 2.48. The molecular formula is C11H12ClFN2. The molecule has 3 rings (SSSR count). The zero-order valence-corrected chi connectivity index (χ0v) is 8.97. The minimum Gasteiger partial charge on any atom is -0.311 e. The standard InChI is InChI=1S/C11H12ClFN2/c12-11-9(13)3-6(5-14-11)8-4-7-1-2-10(8)15-7/h3,5,7-8,10,15H,1-2,4H2/t7-,8+,10+/m0/s1. The molecule has 80 valence electrons. The molecule has 2 aliphatic heterocycles.